The first-order valence-electron chi connectivity index (χ1n) is 6.76. The van der Waals surface area contributed by atoms with Crippen LogP contribution in [0.25, 0.3) is 0 Å². The summed E-state index contributed by atoms with van der Waals surface area (Å²) in [5.74, 6) is -0.348. The number of anilines is 1. The van der Waals surface area contributed by atoms with Crippen LogP contribution < -0.4 is 4.90 Å². The van der Waals surface area contributed by atoms with Crippen LogP contribution in [0.5, 0.6) is 0 Å². The first-order valence-corrected chi connectivity index (χ1v) is 6.76. The molecule has 0 bridgehead atoms. The summed E-state index contributed by atoms with van der Waals surface area (Å²) in [6.07, 6.45) is 7.80. The third-order valence-electron chi connectivity index (χ3n) is 4.08. The van der Waals surface area contributed by atoms with Crippen molar-refractivity contribution in [1.29, 1.82) is 5.26 Å². The monoisotopic (exact) mass is 274 g/mol. The van der Waals surface area contributed by atoms with E-state index < -0.39 is 11.5 Å². The molecule has 0 aromatic carbocycles. The molecule has 6 heteroatoms. The van der Waals surface area contributed by atoms with Crippen molar-refractivity contribution in [1.82, 2.24) is 9.97 Å². The predicted molar refractivity (Wildman–Crippen MR) is 73.2 cm³/mol. The van der Waals surface area contributed by atoms with Gasteiger partial charge >= 0.3 is 5.97 Å². The molecule has 0 atom stereocenters. The van der Waals surface area contributed by atoms with Gasteiger partial charge in [0.25, 0.3) is 0 Å². The number of nitrogens with zero attached hydrogens (tertiary/aromatic N) is 4. The summed E-state index contributed by atoms with van der Waals surface area (Å²) >= 11 is 0. The second-order valence-corrected chi connectivity index (χ2v) is 5.25. The summed E-state index contributed by atoms with van der Waals surface area (Å²) in [6.45, 7) is 0. The highest BCUT2D eigenvalue weighted by atomic mass is 16.4. The first-order chi connectivity index (χ1) is 9.59. The van der Waals surface area contributed by atoms with Crippen LogP contribution in [0.4, 0.5) is 5.82 Å². The molecule has 2 rings (SSSR count). The number of nitriles is 1. The van der Waals surface area contributed by atoms with Gasteiger partial charge in [0.15, 0.2) is 11.5 Å². The van der Waals surface area contributed by atoms with E-state index in [-0.39, 0.29) is 12.1 Å². The fraction of sp³-hybridized carbons (Fsp3) is 0.571. The zero-order chi connectivity index (χ0) is 14.6. The minimum Gasteiger partial charge on any atom is -0.481 e. The number of aromatic nitrogens is 2. The molecule has 1 heterocycles. The summed E-state index contributed by atoms with van der Waals surface area (Å²) in [5, 5.41) is 18.4. The van der Waals surface area contributed by atoms with Crippen LogP contribution >= 0.6 is 0 Å². The summed E-state index contributed by atoms with van der Waals surface area (Å²) in [4.78, 5) is 21.3. The number of carbonyl (C=O) groups is 1. The Morgan fingerprint density at radius 1 is 1.40 bits per heavy atom. The molecule has 0 spiro atoms. The predicted octanol–water partition coefficient (Wildman–Crippen LogP) is 1.96. The van der Waals surface area contributed by atoms with E-state index in [2.05, 4.69) is 9.97 Å². The summed E-state index contributed by atoms with van der Waals surface area (Å²) < 4.78 is 0. The SMILES string of the molecule is CN(c1nccnc1C#N)C1(CC(=O)O)CCCCC1. The molecular formula is C14H18N4O2. The molecule has 6 nitrogen and oxygen atoms in total. The van der Waals surface area contributed by atoms with E-state index in [1.54, 1.807) is 0 Å². The number of hydrogen-bond donors (Lipinski definition) is 1. The van der Waals surface area contributed by atoms with E-state index in [9.17, 15) is 9.90 Å². The molecule has 20 heavy (non-hydrogen) atoms. The van der Waals surface area contributed by atoms with Crippen LogP contribution in [0.2, 0.25) is 0 Å². The van der Waals surface area contributed by atoms with Gasteiger partial charge in [0.2, 0.25) is 0 Å². The van der Waals surface area contributed by atoms with Crippen molar-refractivity contribution in [3.63, 3.8) is 0 Å². The molecule has 1 aliphatic carbocycles. The Balaban J connectivity index is 2.38. The van der Waals surface area contributed by atoms with Crippen LogP contribution in [-0.4, -0.2) is 33.6 Å². The Bertz CT molecular complexity index is 532. The fourth-order valence-corrected chi connectivity index (χ4v) is 3.00. The van der Waals surface area contributed by atoms with Gasteiger partial charge in [-0.05, 0) is 12.8 Å². The molecule has 1 N–H and O–H groups in total. The van der Waals surface area contributed by atoms with Crippen molar-refractivity contribution in [3.05, 3.63) is 18.1 Å². The van der Waals surface area contributed by atoms with Crippen LogP contribution in [0.3, 0.4) is 0 Å². The van der Waals surface area contributed by atoms with Crippen molar-refractivity contribution in [2.24, 2.45) is 0 Å². The number of carboxylic acid groups (broad SMARTS) is 1. The average Bonchev–Trinajstić information content (AvgIpc) is 2.46. The van der Waals surface area contributed by atoms with Gasteiger partial charge in [-0.25, -0.2) is 9.97 Å². The summed E-state index contributed by atoms with van der Waals surface area (Å²) in [6, 6.07) is 2.02. The van der Waals surface area contributed by atoms with E-state index in [4.69, 9.17) is 5.26 Å². The van der Waals surface area contributed by atoms with Crippen LogP contribution in [0.1, 0.15) is 44.2 Å². The lowest BCUT2D eigenvalue weighted by Gasteiger charge is -2.44. The van der Waals surface area contributed by atoms with Crippen molar-refractivity contribution in [2.75, 3.05) is 11.9 Å². The van der Waals surface area contributed by atoms with Gasteiger partial charge in [-0.3, -0.25) is 4.79 Å². The molecule has 1 fully saturated rings. The largest absolute Gasteiger partial charge is 0.481 e. The molecule has 1 aromatic rings. The highest BCUT2D eigenvalue weighted by molar-refractivity contribution is 5.70. The maximum atomic E-state index is 11.2. The van der Waals surface area contributed by atoms with Crippen molar-refractivity contribution < 1.29 is 9.90 Å². The van der Waals surface area contributed by atoms with Gasteiger partial charge in [-0.15, -0.1) is 0 Å². The molecule has 0 unspecified atom stereocenters. The first kappa shape index (κ1) is 14.3. The minimum atomic E-state index is -0.818. The second-order valence-electron chi connectivity index (χ2n) is 5.25. The van der Waals surface area contributed by atoms with E-state index in [1.165, 1.54) is 12.4 Å². The fourth-order valence-electron chi connectivity index (χ4n) is 3.00. The van der Waals surface area contributed by atoms with E-state index in [1.807, 2.05) is 18.0 Å². The maximum Gasteiger partial charge on any atom is 0.305 e. The Morgan fingerprint density at radius 3 is 2.65 bits per heavy atom. The molecule has 106 valence electrons. The zero-order valence-electron chi connectivity index (χ0n) is 11.5. The van der Waals surface area contributed by atoms with Crippen LogP contribution in [-0.2, 0) is 4.79 Å². The Labute approximate surface area is 118 Å². The standard InChI is InChI=1S/C14H18N4O2/c1-18(13-11(10-15)16-7-8-17-13)14(9-12(19)20)5-3-2-4-6-14/h7-8H,2-6,9H2,1H3,(H,19,20). The molecule has 0 saturated heterocycles. The molecule has 0 aliphatic heterocycles. The lowest BCUT2D eigenvalue weighted by atomic mass is 9.78. The number of carboxylic acids is 1. The van der Waals surface area contributed by atoms with Gasteiger partial charge in [0.05, 0.1) is 12.0 Å². The van der Waals surface area contributed by atoms with E-state index in [0.717, 1.165) is 32.1 Å². The van der Waals surface area contributed by atoms with Crippen LogP contribution in [0, 0.1) is 11.3 Å². The van der Waals surface area contributed by atoms with Gasteiger partial charge in [-0.1, -0.05) is 19.3 Å². The second kappa shape index (κ2) is 5.87. The van der Waals surface area contributed by atoms with Crippen LogP contribution in [0.15, 0.2) is 12.4 Å². The Morgan fingerprint density at radius 2 is 2.05 bits per heavy atom. The molecule has 1 aliphatic rings. The summed E-state index contributed by atoms with van der Waals surface area (Å²) in [7, 11) is 1.82. The quantitative estimate of drug-likeness (QED) is 0.902. The lowest BCUT2D eigenvalue weighted by Crippen LogP contribution is -2.50. The van der Waals surface area contributed by atoms with Gasteiger partial charge in [0.1, 0.15) is 6.07 Å². The number of aliphatic carboxylic acids is 1. The topological polar surface area (TPSA) is 90.1 Å². The number of rotatable bonds is 4. The minimum absolute atomic E-state index is 0.0605. The van der Waals surface area contributed by atoms with Gasteiger partial charge < -0.3 is 10.0 Å². The zero-order valence-corrected chi connectivity index (χ0v) is 11.5. The van der Waals surface area contributed by atoms with Gasteiger partial charge in [0, 0.05) is 19.4 Å². The number of hydrogen-bond acceptors (Lipinski definition) is 5. The smallest absolute Gasteiger partial charge is 0.305 e. The average molecular weight is 274 g/mol. The molecule has 0 radical (unpaired) electrons. The third-order valence-corrected chi connectivity index (χ3v) is 4.08. The van der Waals surface area contributed by atoms with E-state index >= 15 is 0 Å². The molecule has 1 aromatic heterocycles. The normalized spacial score (nSPS) is 17.2. The van der Waals surface area contributed by atoms with Crippen molar-refractivity contribution in [3.8, 4) is 6.07 Å². The van der Waals surface area contributed by atoms with Gasteiger partial charge in [-0.2, -0.15) is 5.26 Å². The Kier molecular flexibility index (Phi) is 4.18. The molecule has 1 saturated carbocycles. The maximum absolute atomic E-state index is 11.2. The molecular weight excluding hydrogens is 256 g/mol. The van der Waals surface area contributed by atoms with Crippen molar-refractivity contribution in [2.45, 2.75) is 44.1 Å². The van der Waals surface area contributed by atoms with E-state index in [0.29, 0.717) is 5.82 Å². The third kappa shape index (κ3) is 2.72. The summed E-state index contributed by atoms with van der Waals surface area (Å²) in [5.41, 5.74) is -0.225. The Hall–Kier alpha value is -2.16. The highest BCUT2D eigenvalue weighted by Crippen LogP contribution is 2.38. The lowest BCUT2D eigenvalue weighted by molar-refractivity contribution is -0.138. The highest BCUT2D eigenvalue weighted by Gasteiger charge is 2.39. The van der Waals surface area contributed by atoms with Crippen molar-refractivity contribution >= 4 is 11.8 Å². The molecule has 0 amide bonds.